The van der Waals surface area contributed by atoms with E-state index in [4.69, 9.17) is 27.9 Å². The van der Waals surface area contributed by atoms with Crippen molar-refractivity contribution in [2.75, 3.05) is 6.61 Å². The first kappa shape index (κ1) is 15.7. The Bertz CT molecular complexity index is 888. The topological polar surface area (TPSA) is 52.3 Å². The Hall–Kier alpha value is -1.76. The van der Waals surface area contributed by atoms with E-state index in [1.54, 1.807) is 16.6 Å². The van der Waals surface area contributed by atoms with Crippen molar-refractivity contribution in [2.45, 2.75) is 25.4 Å². The van der Waals surface area contributed by atoms with E-state index in [1.807, 2.05) is 0 Å². The summed E-state index contributed by atoms with van der Waals surface area (Å²) in [6.45, 7) is 0.667. The van der Waals surface area contributed by atoms with Crippen LogP contribution in [0.5, 0.6) is 0 Å². The van der Waals surface area contributed by atoms with Gasteiger partial charge >= 0.3 is 0 Å². The summed E-state index contributed by atoms with van der Waals surface area (Å²) >= 11 is 12.6. The molecule has 1 aliphatic heterocycles. The largest absolute Gasteiger partial charge is 0.372 e. The molecule has 8 heteroatoms. The SMILES string of the molecule is Fc1cccc(Cl)c1Cc1c(Cl)nc2ncnn2c1C1CCCO1. The molecule has 1 atom stereocenters. The van der Waals surface area contributed by atoms with Crippen molar-refractivity contribution in [1.82, 2.24) is 19.6 Å². The summed E-state index contributed by atoms with van der Waals surface area (Å²) in [6, 6.07) is 4.60. The summed E-state index contributed by atoms with van der Waals surface area (Å²) in [5, 5.41) is 4.84. The molecule has 1 saturated heterocycles. The Morgan fingerprint density at radius 1 is 1.29 bits per heavy atom. The van der Waals surface area contributed by atoms with Gasteiger partial charge in [0.15, 0.2) is 0 Å². The van der Waals surface area contributed by atoms with Crippen LogP contribution < -0.4 is 0 Å². The van der Waals surface area contributed by atoms with Crippen molar-refractivity contribution in [1.29, 1.82) is 0 Å². The maximum absolute atomic E-state index is 14.2. The average molecular weight is 367 g/mol. The van der Waals surface area contributed by atoms with E-state index in [0.717, 1.165) is 18.5 Å². The number of rotatable bonds is 3. The van der Waals surface area contributed by atoms with Crippen LogP contribution in [-0.2, 0) is 11.2 Å². The fourth-order valence-corrected chi connectivity index (χ4v) is 3.50. The first-order valence-corrected chi connectivity index (χ1v) is 8.33. The first-order valence-electron chi connectivity index (χ1n) is 7.57. The summed E-state index contributed by atoms with van der Waals surface area (Å²) in [4.78, 5) is 8.35. The quantitative estimate of drug-likeness (QED) is 0.657. The van der Waals surface area contributed by atoms with Gasteiger partial charge < -0.3 is 4.74 Å². The van der Waals surface area contributed by atoms with Crippen LogP contribution >= 0.6 is 23.2 Å². The minimum Gasteiger partial charge on any atom is -0.372 e. The van der Waals surface area contributed by atoms with Crippen molar-refractivity contribution in [2.24, 2.45) is 0 Å². The Morgan fingerprint density at radius 3 is 2.92 bits per heavy atom. The minimum atomic E-state index is -0.379. The van der Waals surface area contributed by atoms with Gasteiger partial charge in [-0.15, -0.1) is 0 Å². The predicted molar refractivity (Wildman–Crippen MR) is 87.9 cm³/mol. The molecule has 0 spiro atoms. The molecule has 1 aliphatic rings. The fraction of sp³-hybridized carbons (Fsp3) is 0.312. The van der Waals surface area contributed by atoms with Crippen LogP contribution in [0.15, 0.2) is 24.5 Å². The van der Waals surface area contributed by atoms with Crippen LogP contribution in [0.2, 0.25) is 10.2 Å². The third kappa shape index (κ3) is 2.64. The summed E-state index contributed by atoms with van der Waals surface area (Å²) in [5.74, 6) is 0.0180. The monoisotopic (exact) mass is 366 g/mol. The molecule has 0 radical (unpaired) electrons. The standard InChI is InChI=1S/C16H13Cl2FN4O/c17-11-3-1-4-12(19)9(11)7-10-14(13-5-2-6-24-13)23-16(20-8-21-23)22-15(10)18/h1,3-4,8,13H,2,5-7H2. The summed E-state index contributed by atoms with van der Waals surface area (Å²) < 4.78 is 21.6. The lowest BCUT2D eigenvalue weighted by Gasteiger charge is -2.18. The number of fused-ring (bicyclic) bond motifs is 1. The van der Waals surface area contributed by atoms with Gasteiger partial charge in [-0.25, -0.2) is 4.39 Å². The fourth-order valence-electron chi connectivity index (χ4n) is 3.04. The van der Waals surface area contributed by atoms with Crippen LogP contribution in [0, 0.1) is 5.82 Å². The Kier molecular flexibility index (Phi) is 4.12. The van der Waals surface area contributed by atoms with E-state index < -0.39 is 0 Å². The number of aromatic nitrogens is 4. The van der Waals surface area contributed by atoms with Gasteiger partial charge in [-0.3, -0.25) is 0 Å². The molecule has 0 amide bonds. The maximum atomic E-state index is 14.2. The highest BCUT2D eigenvalue weighted by Crippen LogP contribution is 2.35. The molecular weight excluding hydrogens is 354 g/mol. The number of ether oxygens (including phenoxy) is 1. The molecule has 0 aliphatic carbocycles. The van der Waals surface area contributed by atoms with Crippen molar-refractivity contribution < 1.29 is 9.13 Å². The summed E-state index contributed by atoms with van der Waals surface area (Å²) in [6.07, 6.45) is 3.24. The zero-order chi connectivity index (χ0) is 16.7. The third-order valence-corrected chi connectivity index (χ3v) is 4.83. The van der Waals surface area contributed by atoms with E-state index in [0.29, 0.717) is 28.5 Å². The molecule has 0 saturated carbocycles. The summed E-state index contributed by atoms with van der Waals surface area (Å²) in [7, 11) is 0. The molecule has 2 aromatic heterocycles. The molecule has 3 heterocycles. The lowest BCUT2D eigenvalue weighted by atomic mass is 10.0. The first-order chi connectivity index (χ1) is 11.6. The highest BCUT2D eigenvalue weighted by molar-refractivity contribution is 6.31. The van der Waals surface area contributed by atoms with Gasteiger partial charge in [0.1, 0.15) is 23.4 Å². The van der Waals surface area contributed by atoms with Gasteiger partial charge in [0.25, 0.3) is 5.78 Å². The number of benzene rings is 1. The van der Waals surface area contributed by atoms with Gasteiger partial charge in [-0.2, -0.15) is 19.6 Å². The van der Waals surface area contributed by atoms with Gasteiger partial charge in [0, 0.05) is 29.2 Å². The minimum absolute atomic E-state index is 0.171. The van der Waals surface area contributed by atoms with Crippen LogP contribution in [0.1, 0.15) is 35.8 Å². The van der Waals surface area contributed by atoms with Crippen LogP contribution in [0.3, 0.4) is 0 Å². The molecule has 0 bridgehead atoms. The molecule has 0 N–H and O–H groups in total. The zero-order valence-electron chi connectivity index (χ0n) is 12.5. The van der Waals surface area contributed by atoms with Gasteiger partial charge in [0.2, 0.25) is 0 Å². The molecule has 1 unspecified atom stereocenters. The molecule has 124 valence electrons. The number of halogens is 3. The third-order valence-electron chi connectivity index (χ3n) is 4.16. The second-order valence-electron chi connectivity index (χ2n) is 5.62. The van der Waals surface area contributed by atoms with E-state index in [2.05, 4.69) is 15.1 Å². The normalized spacial score (nSPS) is 17.7. The van der Waals surface area contributed by atoms with Crippen LogP contribution in [0.4, 0.5) is 4.39 Å². The van der Waals surface area contributed by atoms with Crippen LogP contribution in [-0.4, -0.2) is 26.2 Å². The zero-order valence-corrected chi connectivity index (χ0v) is 14.1. The van der Waals surface area contributed by atoms with E-state index in [-0.39, 0.29) is 23.5 Å². The van der Waals surface area contributed by atoms with Gasteiger partial charge in [-0.1, -0.05) is 29.3 Å². The van der Waals surface area contributed by atoms with Crippen molar-refractivity contribution in [3.05, 3.63) is 57.3 Å². The lowest BCUT2D eigenvalue weighted by molar-refractivity contribution is 0.106. The second kappa shape index (κ2) is 6.27. The second-order valence-corrected chi connectivity index (χ2v) is 6.38. The molecular formula is C16H13Cl2FN4O. The molecule has 1 aromatic carbocycles. The Labute approximate surface area is 147 Å². The molecule has 4 rings (SSSR count). The maximum Gasteiger partial charge on any atom is 0.253 e. The number of hydrogen-bond donors (Lipinski definition) is 0. The van der Waals surface area contributed by atoms with E-state index in [9.17, 15) is 4.39 Å². The highest BCUT2D eigenvalue weighted by atomic mass is 35.5. The van der Waals surface area contributed by atoms with Crippen molar-refractivity contribution in [3.8, 4) is 0 Å². The Balaban J connectivity index is 1.90. The smallest absolute Gasteiger partial charge is 0.253 e. The highest BCUT2D eigenvalue weighted by Gasteiger charge is 2.27. The molecule has 5 nitrogen and oxygen atoms in total. The number of nitrogens with zero attached hydrogens (tertiary/aromatic N) is 4. The van der Waals surface area contributed by atoms with Gasteiger partial charge in [-0.05, 0) is 25.0 Å². The number of hydrogen-bond acceptors (Lipinski definition) is 4. The van der Waals surface area contributed by atoms with E-state index in [1.165, 1.54) is 12.4 Å². The predicted octanol–water partition coefficient (Wildman–Crippen LogP) is 4.01. The van der Waals surface area contributed by atoms with Gasteiger partial charge in [0.05, 0.1) is 5.69 Å². The summed E-state index contributed by atoms with van der Waals surface area (Å²) in [5.41, 5.74) is 1.80. The lowest BCUT2D eigenvalue weighted by Crippen LogP contribution is -2.13. The Morgan fingerprint density at radius 2 is 2.17 bits per heavy atom. The molecule has 1 fully saturated rings. The average Bonchev–Trinajstić information content (AvgIpc) is 3.22. The molecule has 24 heavy (non-hydrogen) atoms. The molecule has 3 aromatic rings. The van der Waals surface area contributed by atoms with Crippen molar-refractivity contribution in [3.63, 3.8) is 0 Å². The van der Waals surface area contributed by atoms with E-state index >= 15 is 0 Å². The van der Waals surface area contributed by atoms with Crippen LogP contribution in [0.25, 0.3) is 5.78 Å². The van der Waals surface area contributed by atoms with Crippen molar-refractivity contribution >= 4 is 29.0 Å².